The number of hydrogen-bond donors (Lipinski definition) is 1. The molecule has 32 heavy (non-hydrogen) atoms. The number of halogens is 1. The molecule has 1 N–H and O–H groups in total. The molecule has 0 saturated heterocycles. The molecular formula is C27H29BrN2O2. The Morgan fingerprint density at radius 1 is 0.875 bits per heavy atom. The SMILES string of the molecule is CNC(=O)[C@@H](Cc1ccccc1)N(Cc1cccc(Br)c1)C(=O)Cc1cc(C)cc(C)c1. The van der Waals surface area contributed by atoms with E-state index in [9.17, 15) is 9.59 Å². The standard InChI is InChI=1S/C27H29BrN2O2/c1-19-12-20(2)14-23(13-19)17-26(31)30(18-22-10-7-11-24(28)15-22)25(27(32)29-3)16-21-8-5-4-6-9-21/h4-15,25H,16-18H2,1-3H3,(H,29,32)/t25-/m1/s1. The first kappa shape index (κ1) is 23.7. The lowest BCUT2D eigenvalue weighted by atomic mass is 10.0. The van der Waals surface area contributed by atoms with Crippen molar-refractivity contribution in [3.05, 3.63) is 105 Å². The van der Waals surface area contributed by atoms with Gasteiger partial charge in [0.2, 0.25) is 11.8 Å². The van der Waals surface area contributed by atoms with Crippen molar-refractivity contribution in [1.82, 2.24) is 10.2 Å². The van der Waals surface area contributed by atoms with Crippen LogP contribution in [0.25, 0.3) is 0 Å². The Kier molecular flexibility index (Phi) is 8.23. The Morgan fingerprint density at radius 3 is 2.16 bits per heavy atom. The number of benzene rings is 3. The topological polar surface area (TPSA) is 49.4 Å². The maximum absolute atomic E-state index is 13.6. The molecule has 0 unspecified atom stereocenters. The number of carbonyl (C=O) groups excluding carboxylic acids is 2. The Hall–Kier alpha value is -2.92. The number of nitrogens with one attached hydrogen (secondary N) is 1. The number of likely N-dealkylation sites (N-methyl/N-ethyl adjacent to an activating group) is 1. The molecule has 0 aliphatic heterocycles. The zero-order valence-corrected chi connectivity index (χ0v) is 20.4. The minimum atomic E-state index is -0.611. The predicted molar refractivity (Wildman–Crippen MR) is 132 cm³/mol. The van der Waals surface area contributed by atoms with Crippen molar-refractivity contribution >= 4 is 27.7 Å². The number of aryl methyl sites for hydroxylation is 2. The number of amides is 2. The molecule has 0 fully saturated rings. The lowest BCUT2D eigenvalue weighted by Gasteiger charge is -2.31. The molecule has 3 rings (SSSR count). The van der Waals surface area contributed by atoms with Crippen LogP contribution in [-0.2, 0) is 29.0 Å². The van der Waals surface area contributed by atoms with Crippen LogP contribution in [0.2, 0.25) is 0 Å². The molecule has 2 amide bonds. The zero-order chi connectivity index (χ0) is 23.1. The van der Waals surface area contributed by atoms with Gasteiger partial charge in [0.05, 0.1) is 6.42 Å². The van der Waals surface area contributed by atoms with Crippen LogP contribution in [0.15, 0.2) is 77.3 Å². The maximum Gasteiger partial charge on any atom is 0.242 e. The first-order valence-electron chi connectivity index (χ1n) is 10.7. The first-order chi connectivity index (χ1) is 15.4. The highest BCUT2D eigenvalue weighted by molar-refractivity contribution is 9.10. The van der Waals surface area contributed by atoms with Gasteiger partial charge in [0.25, 0.3) is 0 Å². The first-order valence-corrected chi connectivity index (χ1v) is 11.5. The third kappa shape index (κ3) is 6.54. The monoisotopic (exact) mass is 492 g/mol. The summed E-state index contributed by atoms with van der Waals surface area (Å²) in [6.07, 6.45) is 0.700. The van der Waals surface area contributed by atoms with E-state index in [1.54, 1.807) is 11.9 Å². The fourth-order valence-corrected chi connectivity index (χ4v) is 4.45. The molecule has 166 valence electrons. The zero-order valence-electron chi connectivity index (χ0n) is 18.8. The van der Waals surface area contributed by atoms with Crippen molar-refractivity contribution in [3.63, 3.8) is 0 Å². The normalized spacial score (nSPS) is 11.6. The van der Waals surface area contributed by atoms with Crippen LogP contribution < -0.4 is 5.32 Å². The summed E-state index contributed by atoms with van der Waals surface area (Å²) in [5.41, 5.74) is 5.19. The van der Waals surface area contributed by atoms with Crippen LogP contribution >= 0.6 is 15.9 Å². The van der Waals surface area contributed by atoms with Crippen LogP contribution in [0, 0.1) is 13.8 Å². The van der Waals surface area contributed by atoms with Gasteiger partial charge in [-0.25, -0.2) is 0 Å². The number of rotatable bonds is 8. The van der Waals surface area contributed by atoms with Crippen molar-refractivity contribution in [3.8, 4) is 0 Å². The fraction of sp³-hybridized carbons (Fsp3) is 0.259. The lowest BCUT2D eigenvalue weighted by Crippen LogP contribution is -2.50. The second kappa shape index (κ2) is 11.1. The fourth-order valence-electron chi connectivity index (χ4n) is 4.00. The highest BCUT2D eigenvalue weighted by Crippen LogP contribution is 2.19. The molecule has 0 aliphatic rings. The van der Waals surface area contributed by atoms with Crippen molar-refractivity contribution in [2.45, 2.75) is 39.3 Å². The van der Waals surface area contributed by atoms with E-state index >= 15 is 0 Å². The van der Waals surface area contributed by atoms with Crippen molar-refractivity contribution in [2.24, 2.45) is 0 Å². The highest BCUT2D eigenvalue weighted by atomic mass is 79.9. The van der Waals surface area contributed by atoms with E-state index < -0.39 is 6.04 Å². The molecule has 5 heteroatoms. The molecule has 0 radical (unpaired) electrons. The molecule has 0 spiro atoms. The van der Waals surface area contributed by atoms with Crippen LogP contribution in [0.3, 0.4) is 0 Å². The summed E-state index contributed by atoms with van der Waals surface area (Å²) in [6.45, 7) is 4.42. The average molecular weight is 493 g/mol. The lowest BCUT2D eigenvalue weighted by molar-refractivity contribution is -0.140. The average Bonchev–Trinajstić information content (AvgIpc) is 2.75. The second-order valence-corrected chi connectivity index (χ2v) is 9.06. The van der Waals surface area contributed by atoms with Gasteiger partial charge in [-0.2, -0.15) is 0 Å². The third-order valence-corrected chi connectivity index (χ3v) is 5.89. The van der Waals surface area contributed by atoms with E-state index in [0.29, 0.717) is 13.0 Å². The third-order valence-electron chi connectivity index (χ3n) is 5.40. The summed E-state index contributed by atoms with van der Waals surface area (Å²) in [6, 6.07) is 23.2. The van der Waals surface area contributed by atoms with Gasteiger partial charge < -0.3 is 10.2 Å². The smallest absolute Gasteiger partial charge is 0.242 e. The quantitative estimate of drug-likeness (QED) is 0.481. The molecule has 0 heterocycles. The molecule has 3 aromatic carbocycles. The Bertz CT molecular complexity index is 1060. The van der Waals surface area contributed by atoms with E-state index in [1.807, 2.05) is 80.6 Å². The Balaban J connectivity index is 1.96. The molecule has 0 aliphatic carbocycles. The van der Waals surface area contributed by atoms with E-state index in [2.05, 4.69) is 27.3 Å². The van der Waals surface area contributed by atoms with Crippen molar-refractivity contribution < 1.29 is 9.59 Å². The summed E-state index contributed by atoms with van der Waals surface area (Å²) in [5, 5.41) is 2.76. The maximum atomic E-state index is 13.6. The van der Waals surface area contributed by atoms with Gasteiger partial charge in [-0.15, -0.1) is 0 Å². The summed E-state index contributed by atoms with van der Waals surface area (Å²) in [5.74, 6) is -0.239. The van der Waals surface area contributed by atoms with E-state index in [1.165, 1.54) is 0 Å². The van der Waals surface area contributed by atoms with Gasteiger partial charge in [0.15, 0.2) is 0 Å². The van der Waals surface area contributed by atoms with E-state index in [4.69, 9.17) is 0 Å². The van der Waals surface area contributed by atoms with Crippen LogP contribution in [0.5, 0.6) is 0 Å². The molecule has 1 atom stereocenters. The second-order valence-electron chi connectivity index (χ2n) is 8.14. The van der Waals surface area contributed by atoms with Gasteiger partial charge in [0, 0.05) is 24.5 Å². The van der Waals surface area contributed by atoms with Gasteiger partial charge in [-0.3, -0.25) is 9.59 Å². The van der Waals surface area contributed by atoms with Gasteiger partial charge in [0.1, 0.15) is 6.04 Å². The summed E-state index contributed by atoms with van der Waals surface area (Å²) in [4.78, 5) is 28.3. The molecule has 0 saturated carbocycles. The van der Waals surface area contributed by atoms with Gasteiger partial charge in [-0.05, 0) is 42.7 Å². The van der Waals surface area contributed by atoms with E-state index in [0.717, 1.165) is 32.3 Å². The minimum absolute atomic E-state index is 0.0699. The van der Waals surface area contributed by atoms with Crippen LogP contribution in [0.1, 0.15) is 27.8 Å². The van der Waals surface area contributed by atoms with Crippen molar-refractivity contribution in [1.29, 1.82) is 0 Å². The molecule has 0 aromatic heterocycles. The molecule has 0 bridgehead atoms. The summed E-state index contributed by atoms with van der Waals surface area (Å²) < 4.78 is 0.941. The van der Waals surface area contributed by atoms with Gasteiger partial charge in [-0.1, -0.05) is 87.7 Å². The minimum Gasteiger partial charge on any atom is -0.357 e. The number of nitrogens with zero attached hydrogens (tertiary/aromatic N) is 1. The largest absolute Gasteiger partial charge is 0.357 e. The van der Waals surface area contributed by atoms with Crippen LogP contribution in [0.4, 0.5) is 0 Å². The Labute approximate surface area is 198 Å². The van der Waals surface area contributed by atoms with Gasteiger partial charge >= 0.3 is 0 Å². The summed E-state index contributed by atoms with van der Waals surface area (Å²) in [7, 11) is 1.62. The molecule has 4 nitrogen and oxygen atoms in total. The molecule has 3 aromatic rings. The van der Waals surface area contributed by atoms with Crippen molar-refractivity contribution in [2.75, 3.05) is 7.05 Å². The number of carbonyl (C=O) groups is 2. The van der Waals surface area contributed by atoms with Crippen LogP contribution in [-0.4, -0.2) is 29.8 Å². The highest BCUT2D eigenvalue weighted by Gasteiger charge is 2.29. The number of hydrogen-bond acceptors (Lipinski definition) is 2. The molecular weight excluding hydrogens is 464 g/mol. The Morgan fingerprint density at radius 2 is 1.53 bits per heavy atom. The van der Waals surface area contributed by atoms with E-state index in [-0.39, 0.29) is 18.2 Å². The summed E-state index contributed by atoms with van der Waals surface area (Å²) >= 11 is 3.51. The predicted octanol–water partition coefficient (Wildman–Crippen LogP) is 4.99.